The monoisotopic (exact) mass is 493 g/mol. The number of likely N-dealkylation sites (tertiary alicyclic amines) is 1. The van der Waals surface area contributed by atoms with E-state index in [2.05, 4.69) is 34.7 Å². The number of aryl methyl sites for hydroxylation is 1. The second-order valence-electron chi connectivity index (χ2n) is 10.6. The summed E-state index contributed by atoms with van der Waals surface area (Å²) in [6, 6.07) is 14.0. The number of benzene rings is 2. The van der Waals surface area contributed by atoms with E-state index in [0.29, 0.717) is 32.0 Å². The molecule has 1 N–H and O–H groups in total. The van der Waals surface area contributed by atoms with Gasteiger partial charge in [-0.3, -0.25) is 9.69 Å². The van der Waals surface area contributed by atoms with Gasteiger partial charge in [0.25, 0.3) is 0 Å². The molecule has 3 heterocycles. The van der Waals surface area contributed by atoms with E-state index in [-0.39, 0.29) is 24.0 Å². The largest absolute Gasteiger partial charge is 0.497 e. The van der Waals surface area contributed by atoms with Crippen LogP contribution >= 0.6 is 11.6 Å². The lowest BCUT2D eigenvalue weighted by Gasteiger charge is -2.56. The molecule has 1 spiro atoms. The van der Waals surface area contributed by atoms with Crippen molar-refractivity contribution >= 4 is 28.4 Å². The minimum absolute atomic E-state index is 0.0130. The number of aliphatic hydroxyl groups excluding tert-OH is 1. The molecule has 184 valence electrons. The molecule has 6 nitrogen and oxygen atoms in total. The topological polar surface area (TPSA) is 57.9 Å². The Bertz CT molecular complexity index is 1290. The Hall–Kier alpha value is -2.54. The maximum Gasteiger partial charge on any atom is 0.222 e. The van der Waals surface area contributed by atoms with Gasteiger partial charge in [-0.15, -0.1) is 0 Å². The standard InChI is InChI=1S/C28H32ClN3O3/c1-30-23-12-20(35-2)9-10-21(23)26-27(30)24(14-33)31(13-19-5-3-4-6-22(19)29)15-28(26)16-32(17-28)25(34)11-18-7-8-18/h3-6,9-10,12,18,24,33H,7-8,11,13-17H2,1-2H3/t24-/m1/s1. The van der Waals surface area contributed by atoms with Gasteiger partial charge in [0.05, 0.1) is 25.3 Å². The number of halogens is 1. The van der Waals surface area contributed by atoms with Gasteiger partial charge in [0.15, 0.2) is 0 Å². The van der Waals surface area contributed by atoms with Crippen LogP contribution in [0.1, 0.15) is 42.1 Å². The van der Waals surface area contributed by atoms with Crippen molar-refractivity contribution in [1.29, 1.82) is 0 Å². The summed E-state index contributed by atoms with van der Waals surface area (Å²) in [4.78, 5) is 17.3. The zero-order valence-corrected chi connectivity index (χ0v) is 21.1. The summed E-state index contributed by atoms with van der Waals surface area (Å²) >= 11 is 6.54. The third-order valence-electron chi connectivity index (χ3n) is 8.25. The number of rotatable bonds is 6. The summed E-state index contributed by atoms with van der Waals surface area (Å²) in [5.41, 5.74) is 4.38. The van der Waals surface area contributed by atoms with Crippen LogP contribution < -0.4 is 4.74 Å². The molecule has 1 aliphatic carbocycles. The van der Waals surface area contributed by atoms with Crippen molar-refractivity contribution in [1.82, 2.24) is 14.4 Å². The Morgan fingerprint density at radius 1 is 1.17 bits per heavy atom. The molecule has 2 aromatic carbocycles. The predicted molar refractivity (Wildman–Crippen MR) is 137 cm³/mol. The second-order valence-corrected chi connectivity index (χ2v) is 11.0. The van der Waals surface area contributed by atoms with Crippen molar-refractivity contribution in [3.63, 3.8) is 0 Å². The van der Waals surface area contributed by atoms with E-state index < -0.39 is 0 Å². The summed E-state index contributed by atoms with van der Waals surface area (Å²) in [5, 5.41) is 12.6. The number of nitrogens with zero attached hydrogens (tertiary/aromatic N) is 3. The van der Waals surface area contributed by atoms with Gasteiger partial charge < -0.3 is 19.3 Å². The van der Waals surface area contributed by atoms with Crippen molar-refractivity contribution in [3.05, 3.63) is 64.3 Å². The normalized spacial score (nSPS) is 21.3. The highest BCUT2D eigenvalue weighted by molar-refractivity contribution is 6.31. The molecule has 0 unspecified atom stereocenters. The molecule has 1 atom stereocenters. The maximum atomic E-state index is 12.9. The highest BCUT2D eigenvalue weighted by Gasteiger charge is 2.54. The minimum Gasteiger partial charge on any atom is -0.497 e. The molecular formula is C28H32ClN3O3. The average Bonchev–Trinajstić information content (AvgIpc) is 3.61. The fraction of sp³-hybridized carbons (Fsp3) is 0.464. The first-order valence-electron chi connectivity index (χ1n) is 12.5. The van der Waals surface area contributed by atoms with Crippen molar-refractivity contribution < 1.29 is 14.6 Å². The summed E-state index contributed by atoms with van der Waals surface area (Å²) in [6.07, 6.45) is 3.05. The Labute approximate surface area is 211 Å². The molecule has 0 bridgehead atoms. The van der Waals surface area contributed by atoms with Crippen LogP contribution in [0.3, 0.4) is 0 Å². The van der Waals surface area contributed by atoms with E-state index >= 15 is 0 Å². The van der Waals surface area contributed by atoms with Crippen LogP contribution in [-0.2, 0) is 23.8 Å². The van der Waals surface area contributed by atoms with Gasteiger partial charge >= 0.3 is 0 Å². The molecule has 3 aliphatic rings. The van der Waals surface area contributed by atoms with Crippen LogP contribution in [0.15, 0.2) is 42.5 Å². The molecule has 2 fully saturated rings. The van der Waals surface area contributed by atoms with Crippen LogP contribution in [0.2, 0.25) is 5.02 Å². The number of aromatic nitrogens is 1. The zero-order chi connectivity index (χ0) is 24.3. The third-order valence-corrected chi connectivity index (χ3v) is 8.62. The quantitative estimate of drug-likeness (QED) is 0.557. The Balaban J connectivity index is 1.44. The first-order valence-corrected chi connectivity index (χ1v) is 12.8. The molecule has 6 rings (SSSR count). The van der Waals surface area contributed by atoms with E-state index in [1.54, 1.807) is 7.11 Å². The number of amides is 1. The van der Waals surface area contributed by atoms with Gasteiger partial charge in [0.1, 0.15) is 5.75 Å². The summed E-state index contributed by atoms with van der Waals surface area (Å²) in [6.45, 7) is 2.86. The predicted octanol–water partition coefficient (Wildman–Crippen LogP) is 4.27. The molecule has 2 aliphatic heterocycles. The van der Waals surface area contributed by atoms with Crippen LogP contribution in [0.25, 0.3) is 10.9 Å². The van der Waals surface area contributed by atoms with E-state index in [4.69, 9.17) is 16.3 Å². The lowest BCUT2D eigenvalue weighted by atomic mass is 9.68. The van der Waals surface area contributed by atoms with E-state index in [1.807, 2.05) is 29.2 Å². The van der Waals surface area contributed by atoms with E-state index in [1.165, 1.54) is 23.8 Å². The maximum absolute atomic E-state index is 12.9. The number of carbonyl (C=O) groups excluding carboxylic acids is 1. The fourth-order valence-corrected chi connectivity index (χ4v) is 6.49. The summed E-state index contributed by atoms with van der Waals surface area (Å²) in [7, 11) is 3.76. The molecule has 35 heavy (non-hydrogen) atoms. The summed E-state index contributed by atoms with van der Waals surface area (Å²) in [5.74, 6) is 1.68. The average molecular weight is 494 g/mol. The molecule has 0 radical (unpaired) electrons. The fourth-order valence-electron chi connectivity index (χ4n) is 6.29. The van der Waals surface area contributed by atoms with Crippen LogP contribution in [0.4, 0.5) is 0 Å². The Kier molecular flexibility index (Phi) is 5.59. The number of carbonyl (C=O) groups is 1. The van der Waals surface area contributed by atoms with Gasteiger partial charge in [-0.1, -0.05) is 29.8 Å². The molecular weight excluding hydrogens is 462 g/mol. The Morgan fingerprint density at radius 2 is 1.94 bits per heavy atom. The third kappa shape index (κ3) is 3.74. The molecule has 1 amide bonds. The van der Waals surface area contributed by atoms with E-state index in [9.17, 15) is 9.90 Å². The molecule has 3 aromatic rings. The molecule has 1 saturated heterocycles. The van der Waals surface area contributed by atoms with Crippen LogP contribution in [0.5, 0.6) is 5.75 Å². The molecule has 1 aromatic heterocycles. The minimum atomic E-state index is -0.171. The number of hydrogen-bond acceptors (Lipinski definition) is 4. The van der Waals surface area contributed by atoms with Gasteiger partial charge in [-0.05, 0) is 48.1 Å². The van der Waals surface area contributed by atoms with Crippen molar-refractivity contribution in [2.75, 3.05) is 33.4 Å². The number of fused-ring (bicyclic) bond motifs is 4. The highest BCUT2D eigenvalue weighted by atomic mass is 35.5. The smallest absolute Gasteiger partial charge is 0.222 e. The number of aliphatic hydroxyl groups is 1. The van der Waals surface area contributed by atoms with Crippen LogP contribution in [-0.4, -0.2) is 58.7 Å². The zero-order valence-electron chi connectivity index (χ0n) is 20.3. The van der Waals surface area contributed by atoms with E-state index in [0.717, 1.165) is 34.1 Å². The second kappa shape index (κ2) is 8.54. The van der Waals surface area contributed by atoms with Crippen LogP contribution in [0, 0.1) is 5.92 Å². The van der Waals surface area contributed by atoms with Gasteiger partial charge in [-0.25, -0.2) is 0 Å². The van der Waals surface area contributed by atoms with Crippen molar-refractivity contribution in [2.45, 2.75) is 37.3 Å². The molecule has 7 heteroatoms. The molecule has 1 saturated carbocycles. The first kappa shape index (κ1) is 22.9. The summed E-state index contributed by atoms with van der Waals surface area (Å²) < 4.78 is 7.73. The highest BCUT2D eigenvalue weighted by Crippen LogP contribution is 2.50. The lowest BCUT2D eigenvalue weighted by molar-refractivity contribution is -0.141. The number of methoxy groups -OCH3 is 1. The first-order chi connectivity index (χ1) is 16.9. The van der Waals surface area contributed by atoms with Crippen molar-refractivity contribution in [2.24, 2.45) is 13.0 Å². The number of ether oxygens (including phenoxy) is 1. The SMILES string of the molecule is COc1ccc2c3c(n(C)c2c1)[C@@H](CO)N(Cc1ccccc1Cl)CC31CN(C(=O)CC2CC2)C1. The number of hydrogen-bond donors (Lipinski definition) is 1. The lowest BCUT2D eigenvalue weighted by Crippen LogP contribution is -2.67. The van der Waals surface area contributed by atoms with Gasteiger partial charge in [0, 0.05) is 67.2 Å². The Morgan fingerprint density at radius 3 is 2.63 bits per heavy atom. The van der Waals surface area contributed by atoms with Gasteiger partial charge in [-0.2, -0.15) is 0 Å². The van der Waals surface area contributed by atoms with Gasteiger partial charge in [0.2, 0.25) is 5.91 Å². The van der Waals surface area contributed by atoms with Crippen molar-refractivity contribution in [3.8, 4) is 5.75 Å².